The van der Waals surface area contributed by atoms with Gasteiger partial charge in [0.1, 0.15) is 0 Å². The van der Waals surface area contributed by atoms with Crippen LogP contribution in [0.15, 0.2) is 12.7 Å². The monoisotopic (exact) mass is 282 g/mol. The van der Waals surface area contributed by atoms with E-state index in [1.165, 1.54) is 0 Å². The molecule has 0 bridgehead atoms. The van der Waals surface area contributed by atoms with Crippen molar-refractivity contribution in [3.63, 3.8) is 0 Å². The van der Waals surface area contributed by atoms with E-state index >= 15 is 0 Å². The fourth-order valence-electron chi connectivity index (χ4n) is 1.01. The molecule has 1 aliphatic rings. The minimum absolute atomic E-state index is 0.833. The number of rotatable bonds is 1. The molecule has 1 aliphatic carbocycles. The maximum atomic E-state index is 12.3. The highest BCUT2D eigenvalue weighted by atomic mass is 19.3. The Morgan fingerprint density at radius 3 is 1.44 bits per heavy atom. The third kappa shape index (κ3) is 2.43. The summed E-state index contributed by atoms with van der Waals surface area (Å²) in [7, 11) is 0. The Hall–Kier alpha value is -1.29. The summed E-state index contributed by atoms with van der Waals surface area (Å²) in [5, 5.41) is 24.1. The molecule has 0 atom stereocenters. The smallest absolute Gasteiger partial charge is 0.377 e. The first-order chi connectivity index (χ1) is 7.73. The number of aliphatic carboxylic acids is 1. The molecule has 10 heteroatoms. The predicted molar refractivity (Wildman–Crippen MR) is 44.5 cm³/mol. The van der Waals surface area contributed by atoms with Gasteiger partial charge in [-0.25, -0.2) is 4.79 Å². The Morgan fingerprint density at radius 1 is 1.06 bits per heavy atom. The van der Waals surface area contributed by atoms with E-state index in [4.69, 9.17) is 15.3 Å². The van der Waals surface area contributed by atoms with Crippen LogP contribution in [0.3, 0.4) is 0 Å². The van der Waals surface area contributed by atoms with E-state index in [0.29, 0.717) is 0 Å². The molecular formula is C8H8F6O4. The number of halogens is 6. The SMILES string of the molecule is C=CC(=O)O.OC1(O)CC(F)(F)C(F)(F)C1(F)F. The highest BCUT2D eigenvalue weighted by Gasteiger charge is 2.86. The molecule has 18 heavy (non-hydrogen) atoms. The van der Waals surface area contributed by atoms with E-state index in [1.54, 1.807) is 0 Å². The molecule has 1 rings (SSSR count). The highest BCUT2D eigenvalue weighted by Crippen LogP contribution is 2.59. The Morgan fingerprint density at radius 2 is 1.39 bits per heavy atom. The molecule has 0 spiro atoms. The van der Waals surface area contributed by atoms with Crippen molar-refractivity contribution in [1.29, 1.82) is 0 Å². The Balaban J connectivity index is 0.000000494. The van der Waals surface area contributed by atoms with Crippen LogP contribution in [0, 0.1) is 0 Å². The van der Waals surface area contributed by atoms with Crippen molar-refractivity contribution in [3.05, 3.63) is 12.7 Å². The van der Waals surface area contributed by atoms with Crippen LogP contribution in [0.4, 0.5) is 26.3 Å². The second kappa shape index (κ2) is 4.43. The number of aliphatic hydroxyl groups is 2. The lowest BCUT2D eigenvalue weighted by atomic mass is 10.1. The van der Waals surface area contributed by atoms with Crippen molar-refractivity contribution in [1.82, 2.24) is 0 Å². The number of carboxylic acids is 1. The van der Waals surface area contributed by atoms with Crippen molar-refractivity contribution in [2.24, 2.45) is 0 Å². The van der Waals surface area contributed by atoms with Gasteiger partial charge in [-0.2, -0.15) is 26.3 Å². The van der Waals surface area contributed by atoms with Crippen LogP contribution < -0.4 is 0 Å². The van der Waals surface area contributed by atoms with E-state index in [0.717, 1.165) is 6.08 Å². The summed E-state index contributed by atoms with van der Waals surface area (Å²) >= 11 is 0. The first-order valence-electron chi connectivity index (χ1n) is 4.16. The number of carbonyl (C=O) groups is 1. The van der Waals surface area contributed by atoms with Crippen molar-refractivity contribution >= 4 is 5.97 Å². The van der Waals surface area contributed by atoms with E-state index in [1.807, 2.05) is 0 Å². The molecule has 1 saturated carbocycles. The fraction of sp³-hybridized carbons (Fsp3) is 0.625. The van der Waals surface area contributed by atoms with Gasteiger partial charge in [0, 0.05) is 6.08 Å². The lowest BCUT2D eigenvalue weighted by molar-refractivity contribution is -0.338. The third-order valence-corrected chi connectivity index (χ3v) is 2.00. The van der Waals surface area contributed by atoms with E-state index in [9.17, 15) is 31.1 Å². The van der Waals surface area contributed by atoms with Crippen LogP contribution in [-0.2, 0) is 4.79 Å². The van der Waals surface area contributed by atoms with Crippen molar-refractivity contribution < 1.29 is 46.5 Å². The van der Waals surface area contributed by atoms with Gasteiger partial charge in [-0.05, 0) is 0 Å². The van der Waals surface area contributed by atoms with Gasteiger partial charge in [0.05, 0.1) is 6.42 Å². The Bertz CT molecular complexity index is 327. The average Bonchev–Trinajstić information content (AvgIpc) is 2.23. The lowest BCUT2D eigenvalue weighted by Crippen LogP contribution is -2.54. The molecule has 0 amide bonds. The van der Waals surface area contributed by atoms with E-state index in [2.05, 4.69) is 6.58 Å². The second-order valence-electron chi connectivity index (χ2n) is 3.39. The third-order valence-electron chi connectivity index (χ3n) is 2.00. The normalized spacial score (nSPS) is 25.8. The summed E-state index contributed by atoms with van der Waals surface area (Å²) in [5.74, 6) is -21.8. The molecule has 106 valence electrons. The second-order valence-corrected chi connectivity index (χ2v) is 3.39. The fourth-order valence-corrected chi connectivity index (χ4v) is 1.01. The average molecular weight is 282 g/mol. The summed E-state index contributed by atoms with van der Waals surface area (Å²) in [6, 6.07) is 0. The molecule has 0 saturated heterocycles. The van der Waals surface area contributed by atoms with Gasteiger partial charge in [-0.3, -0.25) is 0 Å². The molecule has 0 aromatic heterocycles. The molecule has 4 nitrogen and oxygen atoms in total. The zero-order valence-corrected chi connectivity index (χ0v) is 8.51. The summed E-state index contributed by atoms with van der Waals surface area (Å²) in [6.07, 6.45) is -1.56. The first-order valence-corrected chi connectivity index (χ1v) is 4.16. The molecule has 0 aromatic rings. The largest absolute Gasteiger partial charge is 0.478 e. The zero-order valence-electron chi connectivity index (χ0n) is 8.51. The maximum Gasteiger partial charge on any atom is 0.377 e. The van der Waals surface area contributed by atoms with Crippen LogP contribution >= 0.6 is 0 Å². The molecule has 0 unspecified atom stereocenters. The Kier molecular flexibility index (Phi) is 4.11. The number of alkyl halides is 6. The summed E-state index contributed by atoms with van der Waals surface area (Å²) in [6.45, 7) is 2.96. The number of carboxylic acid groups (broad SMARTS) is 1. The molecular weight excluding hydrogens is 274 g/mol. The predicted octanol–water partition coefficient (Wildman–Crippen LogP) is 1.23. The molecule has 0 aliphatic heterocycles. The standard InChI is InChI=1S/C5H4F6O2.C3H4O2/c6-2(7)1-3(12,13)5(10,11)4(2,8)9;1-2-3(4)5/h12-13H,1H2;2H,1H2,(H,4,5). The molecule has 0 heterocycles. The lowest BCUT2D eigenvalue weighted by Gasteiger charge is -2.26. The zero-order chi connectivity index (χ0) is 15.0. The van der Waals surface area contributed by atoms with Gasteiger partial charge >= 0.3 is 23.7 Å². The molecule has 1 fully saturated rings. The number of hydrogen-bond donors (Lipinski definition) is 3. The van der Waals surface area contributed by atoms with Crippen LogP contribution in [-0.4, -0.2) is 44.8 Å². The maximum absolute atomic E-state index is 12.3. The van der Waals surface area contributed by atoms with Crippen molar-refractivity contribution in [3.8, 4) is 0 Å². The van der Waals surface area contributed by atoms with Crippen molar-refractivity contribution in [2.45, 2.75) is 30.0 Å². The minimum Gasteiger partial charge on any atom is -0.478 e. The van der Waals surface area contributed by atoms with Gasteiger partial charge < -0.3 is 15.3 Å². The molecule has 0 aromatic carbocycles. The van der Waals surface area contributed by atoms with Crippen LogP contribution in [0.1, 0.15) is 6.42 Å². The molecule has 3 N–H and O–H groups in total. The van der Waals surface area contributed by atoms with Crippen LogP contribution in [0.5, 0.6) is 0 Å². The molecule has 0 radical (unpaired) electrons. The van der Waals surface area contributed by atoms with Crippen LogP contribution in [0.2, 0.25) is 0 Å². The van der Waals surface area contributed by atoms with E-state index in [-0.39, 0.29) is 0 Å². The van der Waals surface area contributed by atoms with Gasteiger partial charge in [-0.15, -0.1) is 0 Å². The van der Waals surface area contributed by atoms with Gasteiger partial charge in [0.15, 0.2) is 0 Å². The first kappa shape index (κ1) is 16.7. The quantitative estimate of drug-likeness (QED) is 0.384. The van der Waals surface area contributed by atoms with Crippen LogP contribution in [0.25, 0.3) is 0 Å². The highest BCUT2D eigenvalue weighted by molar-refractivity contribution is 5.78. The minimum atomic E-state index is -5.75. The summed E-state index contributed by atoms with van der Waals surface area (Å²) in [5.41, 5.74) is 0. The summed E-state index contributed by atoms with van der Waals surface area (Å²) < 4.78 is 73.2. The van der Waals surface area contributed by atoms with Crippen molar-refractivity contribution in [2.75, 3.05) is 0 Å². The van der Waals surface area contributed by atoms with Gasteiger partial charge in [-0.1, -0.05) is 6.58 Å². The van der Waals surface area contributed by atoms with E-state index < -0.39 is 35.9 Å². The topological polar surface area (TPSA) is 77.8 Å². The Labute approximate surface area is 96.1 Å². The number of hydrogen-bond acceptors (Lipinski definition) is 3. The van der Waals surface area contributed by atoms with Gasteiger partial charge in [0.25, 0.3) is 0 Å². The summed E-state index contributed by atoms with van der Waals surface area (Å²) in [4.78, 5) is 9.25. The van der Waals surface area contributed by atoms with Gasteiger partial charge in [0.2, 0.25) is 5.79 Å².